The van der Waals surface area contributed by atoms with Crippen LogP contribution in [0.15, 0.2) is 10.6 Å². The Labute approximate surface area is 201 Å². The minimum atomic E-state index is -0.699. The molecule has 33 heavy (non-hydrogen) atoms. The Morgan fingerprint density at radius 1 is 1.45 bits per heavy atom. The van der Waals surface area contributed by atoms with Crippen LogP contribution in [-0.4, -0.2) is 56.9 Å². The molecule has 0 unspecified atom stereocenters. The Balaban J connectivity index is 1.96. The number of thiocarbonyl (C=S) groups is 1. The van der Waals surface area contributed by atoms with Crippen molar-refractivity contribution in [3.05, 3.63) is 34.5 Å². The number of nitrogens with zero attached hydrogens (tertiary/aromatic N) is 2. The van der Waals surface area contributed by atoms with Crippen LogP contribution < -0.4 is 15.8 Å². The number of aliphatic hydroxyl groups is 1. The molecule has 0 radical (unpaired) electrons. The van der Waals surface area contributed by atoms with Gasteiger partial charge in [-0.3, -0.25) is 0 Å². The molecule has 1 aromatic carbocycles. The lowest BCUT2D eigenvalue weighted by molar-refractivity contribution is 0.0108. The van der Waals surface area contributed by atoms with E-state index in [4.69, 9.17) is 31.9 Å². The smallest absolute Gasteiger partial charge is 0.339 e. The maximum Gasteiger partial charge on any atom is 0.339 e. The van der Waals surface area contributed by atoms with Crippen LogP contribution in [-0.2, 0) is 17.0 Å². The zero-order valence-corrected chi connectivity index (χ0v) is 20.1. The van der Waals surface area contributed by atoms with E-state index >= 15 is 0 Å². The van der Waals surface area contributed by atoms with Crippen molar-refractivity contribution in [2.24, 2.45) is 5.73 Å². The SMILES string of the molecule is COc1cc(O)c2c(c1C)C(=O)O[C@H](CO)CCCC(=S)N[C@H](c1nc(CN)no1)CSC2. The minimum absolute atomic E-state index is 0.0761. The lowest BCUT2D eigenvalue weighted by Gasteiger charge is -2.22. The molecule has 12 heteroatoms. The highest BCUT2D eigenvalue weighted by molar-refractivity contribution is 7.98. The van der Waals surface area contributed by atoms with E-state index < -0.39 is 12.1 Å². The maximum atomic E-state index is 13.1. The lowest BCUT2D eigenvalue weighted by atomic mass is 10.0. The van der Waals surface area contributed by atoms with Gasteiger partial charge in [-0.05, 0) is 26.2 Å². The number of rotatable bonds is 4. The highest BCUT2D eigenvalue weighted by Gasteiger charge is 2.27. The zero-order chi connectivity index (χ0) is 24.0. The molecule has 1 aliphatic heterocycles. The second kappa shape index (κ2) is 11.6. The number of hydrogen-bond donors (Lipinski definition) is 4. The Morgan fingerprint density at radius 2 is 2.24 bits per heavy atom. The van der Waals surface area contributed by atoms with Gasteiger partial charge < -0.3 is 35.3 Å². The molecule has 2 heterocycles. The summed E-state index contributed by atoms with van der Waals surface area (Å²) in [5, 5.41) is 27.5. The number of hydrogen-bond acceptors (Lipinski definition) is 11. The monoisotopic (exact) mass is 496 g/mol. The lowest BCUT2D eigenvalue weighted by Crippen LogP contribution is -2.30. The Hall–Kier alpha value is -2.41. The van der Waals surface area contributed by atoms with Crippen LogP contribution in [0.4, 0.5) is 0 Å². The maximum absolute atomic E-state index is 13.1. The summed E-state index contributed by atoms with van der Waals surface area (Å²) in [7, 11) is 1.47. The molecular weight excluding hydrogens is 468 g/mol. The number of aromatic hydroxyl groups is 1. The number of aromatic nitrogens is 2. The van der Waals surface area contributed by atoms with Crippen molar-refractivity contribution in [1.29, 1.82) is 0 Å². The summed E-state index contributed by atoms with van der Waals surface area (Å²) in [5.74, 6) is 1.21. The molecule has 0 aliphatic carbocycles. The van der Waals surface area contributed by atoms with Crippen LogP contribution in [0.3, 0.4) is 0 Å². The molecule has 2 atom stereocenters. The molecule has 2 aromatic rings. The number of thioether (sulfide) groups is 1. The number of nitrogens with two attached hydrogens (primary N) is 1. The third-order valence-corrected chi connectivity index (χ3v) is 6.67. The van der Waals surface area contributed by atoms with E-state index in [2.05, 4.69) is 15.5 Å². The number of cyclic esters (lactones) is 1. The average Bonchev–Trinajstić information content (AvgIpc) is 3.28. The number of nitrogens with one attached hydrogen (secondary N) is 1. The van der Waals surface area contributed by atoms with Gasteiger partial charge in [-0.1, -0.05) is 17.4 Å². The number of carbonyl (C=O) groups excluding carboxylic acids is 1. The molecule has 0 saturated carbocycles. The van der Waals surface area contributed by atoms with Crippen LogP contribution >= 0.6 is 24.0 Å². The molecule has 0 amide bonds. The van der Waals surface area contributed by atoms with Crippen molar-refractivity contribution >= 4 is 34.9 Å². The first-order valence-corrected chi connectivity index (χ1v) is 12.0. The molecule has 0 fully saturated rings. The summed E-state index contributed by atoms with van der Waals surface area (Å²) in [4.78, 5) is 18.0. The molecule has 180 valence electrons. The number of esters is 1. The third kappa shape index (κ3) is 6.14. The molecule has 1 aromatic heterocycles. The topological polar surface area (TPSA) is 153 Å². The van der Waals surface area contributed by atoms with Gasteiger partial charge in [0.2, 0.25) is 5.89 Å². The van der Waals surface area contributed by atoms with Gasteiger partial charge in [0.15, 0.2) is 5.82 Å². The molecule has 5 N–H and O–H groups in total. The number of ether oxygens (including phenoxy) is 2. The Kier molecular flexibility index (Phi) is 8.89. The van der Waals surface area contributed by atoms with Gasteiger partial charge in [0.05, 0.1) is 30.8 Å². The molecular formula is C21H28N4O6S2. The van der Waals surface area contributed by atoms with E-state index in [-0.39, 0.29) is 30.5 Å². The average molecular weight is 497 g/mol. The van der Waals surface area contributed by atoms with Gasteiger partial charge >= 0.3 is 5.97 Å². The number of phenolic OH excluding ortho intramolecular Hbond substituents is 1. The van der Waals surface area contributed by atoms with Crippen molar-refractivity contribution in [2.75, 3.05) is 19.5 Å². The molecule has 10 nitrogen and oxygen atoms in total. The van der Waals surface area contributed by atoms with Gasteiger partial charge in [-0.15, -0.1) is 0 Å². The number of methoxy groups -OCH3 is 1. The normalized spacial score (nSPS) is 20.4. The van der Waals surface area contributed by atoms with Crippen LogP contribution in [0.1, 0.15) is 58.5 Å². The second-order valence-electron chi connectivity index (χ2n) is 7.57. The van der Waals surface area contributed by atoms with Crippen molar-refractivity contribution in [1.82, 2.24) is 15.5 Å². The van der Waals surface area contributed by atoms with Gasteiger partial charge in [0, 0.05) is 28.7 Å². The molecule has 0 saturated heterocycles. The molecule has 3 rings (SSSR count). The van der Waals surface area contributed by atoms with Gasteiger partial charge in [-0.25, -0.2) is 4.79 Å². The van der Waals surface area contributed by atoms with Gasteiger partial charge in [0.25, 0.3) is 0 Å². The summed E-state index contributed by atoms with van der Waals surface area (Å²) < 4.78 is 16.2. The number of phenols is 1. The van der Waals surface area contributed by atoms with E-state index in [0.29, 0.717) is 64.3 Å². The van der Waals surface area contributed by atoms with Crippen LogP contribution in [0.5, 0.6) is 11.5 Å². The quantitative estimate of drug-likeness (QED) is 0.362. The summed E-state index contributed by atoms with van der Waals surface area (Å²) in [5.41, 5.74) is 6.81. The van der Waals surface area contributed by atoms with E-state index in [0.717, 1.165) is 0 Å². The number of carbonyl (C=O) groups is 1. The van der Waals surface area contributed by atoms with Gasteiger partial charge in [0.1, 0.15) is 23.6 Å². The van der Waals surface area contributed by atoms with Crippen molar-refractivity contribution < 1.29 is 29.0 Å². The van der Waals surface area contributed by atoms with Crippen molar-refractivity contribution in [3.8, 4) is 11.5 Å². The third-order valence-electron chi connectivity index (χ3n) is 5.29. The highest BCUT2D eigenvalue weighted by Crippen LogP contribution is 2.36. The van der Waals surface area contributed by atoms with Crippen LogP contribution in [0.2, 0.25) is 0 Å². The zero-order valence-electron chi connectivity index (χ0n) is 18.5. The number of aliphatic hydroxyl groups excluding tert-OH is 1. The molecule has 0 bridgehead atoms. The van der Waals surface area contributed by atoms with E-state index in [1.54, 1.807) is 6.92 Å². The van der Waals surface area contributed by atoms with Crippen LogP contribution in [0.25, 0.3) is 0 Å². The first kappa shape index (κ1) is 25.2. The first-order valence-electron chi connectivity index (χ1n) is 10.5. The Morgan fingerprint density at radius 3 is 2.91 bits per heavy atom. The fourth-order valence-electron chi connectivity index (χ4n) is 3.53. The van der Waals surface area contributed by atoms with Crippen molar-refractivity contribution in [2.45, 2.75) is 50.6 Å². The predicted molar refractivity (Wildman–Crippen MR) is 126 cm³/mol. The Bertz CT molecular complexity index is 999. The minimum Gasteiger partial charge on any atom is -0.507 e. The largest absolute Gasteiger partial charge is 0.507 e. The second-order valence-corrected chi connectivity index (χ2v) is 9.09. The number of fused-ring (bicyclic) bond motifs is 1. The number of benzene rings is 1. The summed E-state index contributed by atoms with van der Waals surface area (Å²) in [6.45, 7) is 1.56. The molecule has 0 spiro atoms. The fourth-order valence-corrected chi connectivity index (χ4v) is 4.89. The summed E-state index contributed by atoms with van der Waals surface area (Å²) >= 11 is 6.93. The highest BCUT2D eigenvalue weighted by atomic mass is 32.2. The standard InChI is InChI=1S/C21H28N4O6S2/c1-11-16(29-2)6-15(27)13-9-33-10-14(20-24-17(7-22)25-31-20)23-18(32)5-3-4-12(8-26)30-21(28)19(11)13/h6,12,14,26-27H,3-5,7-10,22H2,1-2H3,(H,23,32)/t12-,14-/m0/s1. The van der Waals surface area contributed by atoms with E-state index in [9.17, 15) is 15.0 Å². The predicted octanol–water partition coefficient (Wildman–Crippen LogP) is 2.14. The summed E-state index contributed by atoms with van der Waals surface area (Å²) in [6, 6.07) is 1.11. The van der Waals surface area contributed by atoms with Gasteiger partial charge in [-0.2, -0.15) is 16.7 Å². The summed E-state index contributed by atoms with van der Waals surface area (Å²) in [6.07, 6.45) is 0.852. The van der Waals surface area contributed by atoms with E-state index in [1.165, 1.54) is 24.9 Å². The van der Waals surface area contributed by atoms with E-state index in [1.807, 2.05) is 0 Å². The van der Waals surface area contributed by atoms with Crippen molar-refractivity contribution in [3.63, 3.8) is 0 Å². The van der Waals surface area contributed by atoms with Crippen LogP contribution in [0, 0.1) is 6.92 Å². The first-order chi connectivity index (χ1) is 15.9. The molecule has 1 aliphatic rings. The fraction of sp³-hybridized carbons (Fsp3) is 0.524.